The standard InChI is InChI=1S/C17H34N2/c1-5-14-6-8-16(9-7-14)19(4)17(12-18)10-15(11-17)13(2)3/h13-16H,5-12,18H2,1-4H3. The molecule has 0 heterocycles. The van der Waals surface area contributed by atoms with Crippen molar-refractivity contribution in [2.75, 3.05) is 13.6 Å². The van der Waals surface area contributed by atoms with Crippen molar-refractivity contribution in [3.05, 3.63) is 0 Å². The molecule has 0 aromatic carbocycles. The van der Waals surface area contributed by atoms with Gasteiger partial charge in [-0.1, -0.05) is 27.2 Å². The van der Waals surface area contributed by atoms with Crippen molar-refractivity contribution in [1.29, 1.82) is 0 Å². The van der Waals surface area contributed by atoms with Gasteiger partial charge in [0.25, 0.3) is 0 Å². The van der Waals surface area contributed by atoms with Crippen molar-refractivity contribution in [1.82, 2.24) is 4.90 Å². The number of likely N-dealkylation sites (N-methyl/N-ethyl adjacent to an activating group) is 1. The molecule has 19 heavy (non-hydrogen) atoms. The lowest BCUT2D eigenvalue weighted by molar-refractivity contribution is -0.0533. The van der Waals surface area contributed by atoms with E-state index in [2.05, 4.69) is 32.7 Å². The van der Waals surface area contributed by atoms with E-state index < -0.39 is 0 Å². The molecule has 0 unspecified atom stereocenters. The molecule has 0 aromatic heterocycles. The van der Waals surface area contributed by atoms with Gasteiger partial charge in [-0.25, -0.2) is 0 Å². The number of hydrogen-bond acceptors (Lipinski definition) is 2. The Labute approximate surface area is 120 Å². The van der Waals surface area contributed by atoms with Gasteiger partial charge in [0.1, 0.15) is 0 Å². The van der Waals surface area contributed by atoms with Gasteiger partial charge in [-0.3, -0.25) is 4.90 Å². The summed E-state index contributed by atoms with van der Waals surface area (Å²) in [7, 11) is 2.35. The van der Waals surface area contributed by atoms with Gasteiger partial charge in [0.15, 0.2) is 0 Å². The lowest BCUT2D eigenvalue weighted by atomic mass is 9.62. The third-order valence-electron chi connectivity index (χ3n) is 6.30. The summed E-state index contributed by atoms with van der Waals surface area (Å²) in [6.07, 6.45) is 9.66. The Bertz CT molecular complexity index is 273. The van der Waals surface area contributed by atoms with E-state index in [0.29, 0.717) is 5.54 Å². The van der Waals surface area contributed by atoms with Gasteiger partial charge in [0.05, 0.1) is 0 Å². The summed E-state index contributed by atoms with van der Waals surface area (Å²) in [4.78, 5) is 2.68. The van der Waals surface area contributed by atoms with Crippen LogP contribution in [0.5, 0.6) is 0 Å². The second kappa shape index (κ2) is 6.13. The van der Waals surface area contributed by atoms with E-state index in [4.69, 9.17) is 5.73 Å². The van der Waals surface area contributed by atoms with Gasteiger partial charge in [-0.05, 0) is 63.3 Å². The molecule has 0 spiro atoms. The molecular weight excluding hydrogens is 232 g/mol. The average Bonchev–Trinajstić information content (AvgIpc) is 2.37. The summed E-state index contributed by atoms with van der Waals surface area (Å²) in [5, 5.41) is 0. The predicted molar refractivity (Wildman–Crippen MR) is 83.1 cm³/mol. The molecule has 0 radical (unpaired) electrons. The minimum atomic E-state index is 0.332. The topological polar surface area (TPSA) is 29.3 Å². The largest absolute Gasteiger partial charge is 0.329 e. The lowest BCUT2D eigenvalue weighted by Gasteiger charge is -2.57. The van der Waals surface area contributed by atoms with Crippen LogP contribution in [-0.2, 0) is 0 Å². The number of rotatable bonds is 5. The van der Waals surface area contributed by atoms with Crippen LogP contribution in [0.1, 0.15) is 65.7 Å². The average molecular weight is 266 g/mol. The van der Waals surface area contributed by atoms with Gasteiger partial charge < -0.3 is 5.73 Å². The molecule has 0 atom stereocenters. The number of nitrogens with two attached hydrogens (primary N) is 1. The Balaban J connectivity index is 1.90. The molecule has 112 valence electrons. The molecule has 2 aliphatic rings. The van der Waals surface area contributed by atoms with Crippen molar-refractivity contribution in [3.63, 3.8) is 0 Å². The highest BCUT2D eigenvalue weighted by Gasteiger charge is 2.48. The molecule has 2 rings (SSSR count). The van der Waals surface area contributed by atoms with Crippen LogP contribution in [0.25, 0.3) is 0 Å². The Kier molecular flexibility index (Phi) is 4.94. The van der Waals surface area contributed by atoms with E-state index >= 15 is 0 Å². The third-order valence-corrected chi connectivity index (χ3v) is 6.30. The quantitative estimate of drug-likeness (QED) is 0.823. The van der Waals surface area contributed by atoms with Crippen molar-refractivity contribution in [3.8, 4) is 0 Å². The fourth-order valence-electron chi connectivity index (χ4n) is 4.31. The first kappa shape index (κ1) is 15.3. The molecule has 2 fully saturated rings. The SMILES string of the molecule is CCC1CCC(N(C)C2(CN)CC(C(C)C)C2)CC1. The maximum Gasteiger partial charge on any atom is 0.0337 e. The fourth-order valence-corrected chi connectivity index (χ4v) is 4.31. The van der Waals surface area contributed by atoms with Crippen LogP contribution in [0.4, 0.5) is 0 Å². The Morgan fingerprint density at radius 1 is 1.16 bits per heavy atom. The van der Waals surface area contributed by atoms with E-state index in [-0.39, 0.29) is 0 Å². The van der Waals surface area contributed by atoms with Gasteiger partial charge in [-0.15, -0.1) is 0 Å². The minimum absolute atomic E-state index is 0.332. The van der Waals surface area contributed by atoms with Crippen LogP contribution < -0.4 is 5.73 Å². The zero-order valence-corrected chi connectivity index (χ0v) is 13.5. The summed E-state index contributed by atoms with van der Waals surface area (Å²) in [5.41, 5.74) is 6.48. The van der Waals surface area contributed by atoms with Crippen LogP contribution in [0.15, 0.2) is 0 Å². The Hall–Kier alpha value is -0.0800. The summed E-state index contributed by atoms with van der Waals surface area (Å²) < 4.78 is 0. The van der Waals surface area contributed by atoms with Crippen molar-refractivity contribution in [2.24, 2.45) is 23.5 Å². The highest BCUT2D eigenvalue weighted by atomic mass is 15.2. The maximum absolute atomic E-state index is 6.15. The summed E-state index contributed by atoms with van der Waals surface area (Å²) in [6, 6.07) is 0.791. The molecule has 2 heteroatoms. The van der Waals surface area contributed by atoms with Crippen molar-refractivity contribution in [2.45, 2.75) is 77.3 Å². The van der Waals surface area contributed by atoms with E-state index in [0.717, 1.165) is 30.3 Å². The fraction of sp³-hybridized carbons (Fsp3) is 1.00. The number of hydrogen-bond donors (Lipinski definition) is 1. The number of nitrogens with zero attached hydrogens (tertiary/aromatic N) is 1. The molecule has 0 saturated heterocycles. The highest BCUT2D eigenvalue weighted by molar-refractivity contribution is 5.05. The molecule has 2 saturated carbocycles. The summed E-state index contributed by atoms with van der Waals surface area (Å²) in [6.45, 7) is 7.91. The van der Waals surface area contributed by atoms with Crippen LogP contribution in [0.2, 0.25) is 0 Å². The molecule has 2 aliphatic carbocycles. The second-order valence-corrected chi connectivity index (χ2v) is 7.53. The van der Waals surface area contributed by atoms with Gasteiger partial charge in [0.2, 0.25) is 0 Å². The van der Waals surface area contributed by atoms with Crippen molar-refractivity contribution >= 4 is 0 Å². The van der Waals surface area contributed by atoms with Gasteiger partial charge >= 0.3 is 0 Å². The molecule has 0 aromatic rings. The molecular formula is C17H34N2. The monoisotopic (exact) mass is 266 g/mol. The van der Waals surface area contributed by atoms with Gasteiger partial charge in [-0.2, -0.15) is 0 Å². The molecule has 2 N–H and O–H groups in total. The smallest absolute Gasteiger partial charge is 0.0337 e. The zero-order chi connectivity index (χ0) is 14.0. The van der Waals surface area contributed by atoms with Crippen LogP contribution in [0, 0.1) is 17.8 Å². The minimum Gasteiger partial charge on any atom is -0.329 e. The predicted octanol–water partition coefficient (Wildman–Crippen LogP) is 3.65. The van der Waals surface area contributed by atoms with E-state index in [1.54, 1.807) is 0 Å². The lowest BCUT2D eigenvalue weighted by Crippen LogP contribution is -2.64. The van der Waals surface area contributed by atoms with Crippen molar-refractivity contribution < 1.29 is 0 Å². The van der Waals surface area contributed by atoms with E-state index in [9.17, 15) is 0 Å². The third kappa shape index (κ3) is 3.00. The van der Waals surface area contributed by atoms with Gasteiger partial charge in [0, 0.05) is 18.1 Å². The normalized spacial score (nSPS) is 39.6. The van der Waals surface area contributed by atoms with Crippen LogP contribution in [-0.4, -0.2) is 30.1 Å². The van der Waals surface area contributed by atoms with Crippen LogP contribution >= 0.6 is 0 Å². The van der Waals surface area contributed by atoms with E-state index in [1.165, 1.54) is 44.9 Å². The summed E-state index contributed by atoms with van der Waals surface area (Å²) >= 11 is 0. The second-order valence-electron chi connectivity index (χ2n) is 7.53. The first-order valence-electron chi connectivity index (χ1n) is 8.45. The molecule has 0 amide bonds. The first-order chi connectivity index (χ1) is 9.02. The Morgan fingerprint density at radius 3 is 2.16 bits per heavy atom. The highest BCUT2D eigenvalue weighted by Crippen LogP contribution is 2.47. The molecule has 0 aliphatic heterocycles. The molecule has 2 nitrogen and oxygen atoms in total. The first-order valence-corrected chi connectivity index (χ1v) is 8.45. The zero-order valence-electron chi connectivity index (χ0n) is 13.5. The summed E-state index contributed by atoms with van der Waals surface area (Å²) in [5.74, 6) is 2.71. The van der Waals surface area contributed by atoms with Crippen LogP contribution in [0.3, 0.4) is 0 Å². The Morgan fingerprint density at radius 2 is 1.74 bits per heavy atom. The molecule has 0 bridgehead atoms. The van der Waals surface area contributed by atoms with E-state index in [1.807, 2.05) is 0 Å². The maximum atomic E-state index is 6.15.